The maximum Gasteiger partial charge on any atom is 0.252 e. The summed E-state index contributed by atoms with van der Waals surface area (Å²) >= 11 is 5.74. The van der Waals surface area contributed by atoms with Crippen molar-refractivity contribution in [3.63, 3.8) is 0 Å². The van der Waals surface area contributed by atoms with E-state index in [0.717, 1.165) is 0 Å². The Balaban J connectivity index is 2.81. The number of carbonyl (C=O) groups is 1. The summed E-state index contributed by atoms with van der Waals surface area (Å²) in [7, 11) is 0. The van der Waals surface area contributed by atoms with Gasteiger partial charge < -0.3 is 5.32 Å². The minimum atomic E-state index is -0.600. The Bertz CT molecular complexity index is 419. The molecule has 0 aromatic heterocycles. The molecule has 1 rings (SSSR count). The highest BCUT2D eigenvalue weighted by Gasteiger charge is 2.21. The number of nitrogens with one attached hydrogen (secondary N) is 1. The van der Waals surface area contributed by atoms with Crippen molar-refractivity contribution in [2.75, 3.05) is 0 Å². The Labute approximate surface area is 101 Å². The van der Waals surface area contributed by atoms with Crippen molar-refractivity contribution < 1.29 is 4.79 Å². The number of amides is 1. The third-order valence-electron chi connectivity index (χ3n) is 2.52. The highest BCUT2D eigenvalue weighted by molar-refractivity contribution is 6.30. The van der Waals surface area contributed by atoms with Gasteiger partial charge in [0.1, 0.15) is 0 Å². The molecule has 2 nitrogen and oxygen atoms in total. The van der Waals surface area contributed by atoms with Crippen LogP contribution in [0.3, 0.4) is 0 Å². The molecule has 0 aliphatic heterocycles. The van der Waals surface area contributed by atoms with Crippen molar-refractivity contribution in [2.45, 2.75) is 25.8 Å². The molecule has 0 heterocycles. The van der Waals surface area contributed by atoms with Crippen LogP contribution in [0, 0.1) is 12.3 Å². The topological polar surface area (TPSA) is 29.1 Å². The zero-order valence-electron chi connectivity index (χ0n) is 9.38. The van der Waals surface area contributed by atoms with Crippen molar-refractivity contribution in [1.29, 1.82) is 0 Å². The molecule has 0 saturated carbocycles. The quantitative estimate of drug-likeness (QED) is 0.802. The molecule has 84 valence electrons. The third kappa shape index (κ3) is 3.01. The minimum Gasteiger partial charge on any atom is -0.336 e. The average molecular weight is 236 g/mol. The predicted molar refractivity (Wildman–Crippen MR) is 66.4 cm³/mol. The second-order valence-electron chi connectivity index (χ2n) is 3.79. The van der Waals surface area contributed by atoms with E-state index in [0.29, 0.717) is 17.0 Å². The summed E-state index contributed by atoms with van der Waals surface area (Å²) in [6, 6.07) is 6.69. The monoisotopic (exact) mass is 235 g/mol. The van der Waals surface area contributed by atoms with Gasteiger partial charge in [0.15, 0.2) is 0 Å². The first-order valence-corrected chi connectivity index (χ1v) is 5.44. The molecule has 1 amide bonds. The van der Waals surface area contributed by atoms with Gasteiger partial charge in [-0.1, -0.05) is 24.4 Å². The van der Waals surface area contributed by atoms with Crippen LogP contribution in [0.15, 0.2) is 24.3 Å². The lowest BCUT2D eigenvalue weighted by atomic mass is 9.99. The van der Waals surface area contributed by atoms with Crippen LogP contribution in [0.2, 0.25) is 5.02 Å². The van der Waals surface area contributed by atoms with E-state index in [2.05, 4.69) is 11.2 Å². The fourth-order valence-corrected chi connectivity index (χ4v) is 1.28. The van der Waals surface area contributed by atoms with Crippen LogP contribution in [0.1, 0.15) is 30.6 Å². The Kier molecular flexibility index (Phi) is 3.98. The molecule has 1 N–H and O–H groups in total. The zero-order valence-corrected chi connectivity index (χ0v) is 10.1. The van der Waals surface area contributed by atoms with Crippen LogP contribution in [0.25, 0.3) is 0 Å². The average Bonchev–Trinajstić information content (AvgIpc) is 2.29. The molecule has 0 unspecified atom stereocenters. The Morgan fingerprint density at radius 2 is 2.06 bits per heavy atom. The van der Waals surface area contributed by atoms with Crippen LogP contribution in [-0.2, 0) is 0 Å². The third-order valence-corrected chi connectivity index (χ3v) is 2.77. The lowest BCUT2D eigenvalue weighted by Gasteiger charge is -2.23. The molecule has 0 bridgehead atoms. The number of terminal acetylenes is 1. The lowest BCUT2D eigenvalue weighted by molar-refractivity contribution is 0.0924. The molecule has 1 aromatic carbocycles. The number of rotatable bonds is 3. The highest BCUT2D eigenvalue weighted by Crippen LogP contribution is 2.12. The van der Waals surface area contributed by atoms with Gasteiger partial charge in [0.2, 0.25) is 0 Å². The van der Waals surface area contributed by atoms with E-state index in [4.69, 9.17) is 18.0 Å². The Hall–Kier alpha value is -1.46. The van der Waals surface area contributed by atoms with Crippen molar-refractivity contribution in [3.8, 4) is 12.3 Å². The van der Waals surface area contributed by atoms with Crippen LogP contribution >= 0.6 is 11.6 Å². The van der Waals surface area contributed by atoms with E-state index in [1.165, 1.54) is 0 Å². The van der Waals surface area contributed by atoms with Crippen LogP contribution in [0.4, 0.5) is 0 Å². The molecule has 0 radical (unpaired) electrons. The van der Waals surface area contributed by atoms with Gasteiger partial charge in [-0.25, -0.2) is 0 Å². The lowest BCUT2D eigenvalue weighted by Crippen LogP contribution is -2.44. The largest absolute Gasteiger partial charge is 0.336 e. The van der Waals surface area contributed by atoms with Gasteiger partial charge in [-0.05, 0) is 37.6 Å². The first-order chi connectivity index (χ1) is 7.50. The van der Waals surface area contributed by atoms with Gasteiger partial charge in [-0.15, -0.1) is 6.42 Å². The van der Waals surface area contributed by atoms with Gasteiger partial charge in [0, 0.05) is 10.6 Å². The van der Waals surface area contributed by atoms with E-state index in [1.54, 1.807) is 24.3 Å². The van der Waals surface area contributed by atoms with E-state index in [-0.39, 0.29) is 5.91 Å². The number of hydrogen-bond donors (Lipinski definition) is 1. The highest BCUT2D eigenvalue weighted by atomic mass is 35.5. The second kappa shape index (κ2) is 5.05. The van der Waals surface area contributed by atoms with E-state index >= 15 is 0 Å². The van der Waals surface area contributed by atoms with Crippen LogP contribution in [0.5, 0.6) is 0 Å². The van der Waals surface area contributed by atoms with Crippen molar-refractivity contribution in [1.82, 2.24) is 5.32 Å². The molecular formula is C13H14ClNO. The first kappa shape index (κ1) is 12.6. The van der Waals surface area contributed by atoms with Crippen molar-refractivity contribution >= 4 is 17.5 Å². The predicted octanol–water partition coefficient (Wildman–Crippen LogP) is 2.87. The van der Waals surface area contributed by atoms with Crippen molar-refractivity contribution in [2.24, 2.45) is 0 Å². The minimum absolute atomic E-state index is 0.182. The molecule has 0 fully saturated rings. The second-order valence-corrected chi connectivity index (χ2v) is 4.23. The fraction of sp³-hybridized carbons (Fsp3) is 0.308. The smallest absolute Gasteiger partial charge is 0.252 e. The van der Waals surface area contributed by atoms with Gasteiger partial charge in [-0.2, -0.15) is 0 Å². The Morgan fingerprint density at radius 1 is 1.50 bits per heavy atom. The standard InChI is InChI=1S/C13H14ClNO/c1-4-13(3,5-2)15-12(16)10-6-8-11(14)9-7-10/h1,6-9H,5H2,2-3H3,(H,15,16)/t13-/m1/s1. The summed E-state index contributed by atoms with van der Waals surface area (Å²) in [5, 5.41) is 3.41. The Morgan fingerprint density at radius 3 is 2.50 bits per heavy atom. The molecule has 0 aliphatic rings. The molecule has 0 aliphatic carbocycles. The van der Waals surface area contributed by atoms with Gasteiger partial charge in [-0.3, -0.25) is 4.79 Å². The summed E-state index contributed by atoms with van der Waals surface area (Å²) in [6.07, 6.45) is 6.07. The summed E-state index contributed by atoms with van der Waals surface area (Å²) in [5.41, 5.74) is -0.0455. The summed E-state index contributed by atoms with van der Waals surface area (Å²) < 4.78 is 0. The van der Waals surface area contributed by atoms with Crippen LogP contribution in [-0.4, -0.2) is 11.4 Å². The maximum absolute atomic E-state index is 11.8. The first-order valence-electron chi connectivity index (χ1n) is 5.06. The zero-order chi connectivity index (χ0) is 12.2. The summed E-state index contributed by atoms with van der Waals surface area (Å²) in [6.45, 7) is 3.75. The van der Waals surface area contributed by atoms with E-state index in [9.17, 15) is 4.79 Å². The molecule has 16 heavy (non-hydrogen) atoms. The number of benzene rings is 1. The number of halogens is 1. The van der Waals surface area contributed by atoms with E-state index < -0.39 is 5.54 Å². The molecule has 1 atom stereocenters. The molecular weight excluding hydrogens is 222 g/mol. The SMILES string of the molecule is C#C[C@](C)(CC)NC(=O)c1ccc(Cl)cc1. The maximum atomic E-state index is 11.8. The van der Waals surface area contributed by atoms with Gasteiger partial charge >= 0.3 is 0 Å². The van der Waals surface area contributed by atoms with Gasteiger partial charge in [0.25, 0.3) is 5.91 Å². The number of carbonyl (C=O) groups excluding carboxylic acids is 1. The molecule has 0 saturated heterocycles. The summed E-state index contributed by atoms with van der Waals surface area (Å²) in [4.78, 5) is 11.8. The fourth-order valence-electron chi connectivity index (χ4n) is 1.15. The molecule has 1 aromatic rings. The molecule has 0 spiro atoms. The molecule has 3 heteroatoms. The van der Waals surface area contributed by atoms with Crippen LogP contribution < -0.4 is 5.32 Å². The number of hydrogen-bond acceptors (Lipinski definition) is 1. The normalized spacial score (nSPS) is 13.6. The van der Waals surface area contributed by atoms with E-state index in [1.807, 2.05) is 13.8 Å². The van der Waals surface area contributed by atoms with Gasteiger partial charge in [0.05, 0.1) is 5.54 Å². The van der Waals surface area contributed by atoms with Crippen molar-refractivity contribution in [3.05, 3.63) is 34.9 Å². The summed E-state index contributed by atoms with van der Waals surface area (Å²) in [5.74, 6) is 2.40.